The van der Waals surface area contributed by atoms with Crippen LogP contribution in [0.15, 0.2) is 23.1 Å². The zero-order valence-corrected chi connectivity index (χ0v) is 16.6. The zero-order valence-electron chi connectivity index (χ0n) is 15.7. The number of ether oxygens (including phenoxy) is 2. The summed E-state index contributed by atoms with van der Waals surface area (Å²) in [4.78, 5) is 12.0. The third kappa shape index (κ3) is 5.63. The van der Waals surface area contributed by atoms with Crippen LogP contribution in [0.4, 0.5) is 4.39 Å². The van der Waals surface area contributed by atoms with Crippen LogP contribution >= 0.6 is 0 Å². The van der Waals surface area contributed by atoms with Crippen molar-refractivity contribution in [2.24, 2.45) is 5.92 Å². The third-order valence-corrected chi connectivity index (χ3v) is 6.46. The first-order valence-corrected chi connectivity index (χ1v) is 10.5. The quantitative estimate of drug-likeness (QED) is 0.637. The Kier molecular flexibility index (Phi) is 8.00. The molecular weight excluding hydrogens is 375 g/mol. The van der Waals surface area contributed by atoms with Gasteiger partial charge in [0.2, 0.25) is 15.9 Å². The Bertz CT molecular complexity index is 733. The van der Waals surface area contributed by atoms with Crippen molar-refractivity contribution in [1.29, 1.82) is 0 Å². The monoisotopic (exact) mass is 402 g/mol. The summed E-state index contributed by atoms with van der Waals surface area (Å²) < 4.78 is 50.8. The zero-order chi connectivity index (χ0) is 19.9. The molecule has 0 spiro atoms. The summed E-state index contributed by atoms with van der Waals surface area (Å²) >= 11 is 0. The number of sulfonamides is 1. The van der Waals surface area contributed by atoms with Crippen molar-refractivity contribution in [3.05, 3.63) is 24.0 Å². The van der Waals surface area contributed by atoms with E-state index < -0.39 is 15.8 Å². The average molecular weight is 402 g/mol. The van der Waals surface area contributed by atoms with Gasteiger partial charge in [0.05, 0.1) is 7.11 Å². The molecule has 152 valence electrons. The molecule has 2 rings (SSSR count). The maximum absolute atomic E-state index is 13.5. The first-order valence-electron chi connectivity index (χ1n) is 9.09. The van der Waals surface area contributed by atoms with E-state index in [2.05, 4.69) is 5.32 Å². The summed E-state index contributed by atoms with van der Waals surface area (Å²) in [6.45, 7) is 4.12. The number of nitrogens with zero attached hydrogens (tertiary/aromatic N) is 1. The Morgan fingerprint density at radius 1 is 1.33 bits per heavy atom. The van der Waals surface area contributed by atoms with Gasteiger partial charge in [0.1, 0.15) is 16.5 Å². The molecule has 1 aromatic rings. The lowest BCUT2D eigenvalue weighted by Gasteiger charge is -2.30. The molecule has 1 fully saturated rings. The van der Waals surface area contributed by atoms with Crippen molar-refractivity contribution in [3.8, 4) is 5.75 Å². The van der Waals surface area contributed by atoms with Gasteiger partial charge in [0, 0.05) is 38.8 Å². The number of benzene rings is 1. The highest BCUT2D eigenvalue weighted by Crippen LogP contribution is 2.30. The standard InChI is InChI=1S/C18H27FN2O5S/c1-3-26-12-4-9-20-18(22)14-7-10-21(11-8-14)27(23,24)17-13-15(19)5-6-16(17)25-2/h5-6,13-14H,3-4,7-12H2,1-2H3,(H,20,22). The molecule has 1 heterocycles. The van der Waals surface area contributed by atoms with Crippen molar-refractivity contribution in [2.45, 2.75) is 31.1 Å². The van der Waals surface area contributed by atoms with E-state index in [1.54, 1.807) is 0 Å². The first-order chi connectivity index (χ1) is 12.9. The molecule has 7 nitrogen and oxygen atoms in total. The molecule has 1 aromatic carbocycles. The minimum Gasteiger partial charge on any atom is -0.495 e. The second-order valence-corrected chi connectivity index (χ2v) is 8.22. The fourth-order valence-corrected chi connectivity index (χ4v) is 4.66. The summed E-state index contributed by atoms with van der Waals surface area (Å²) in [6, 6.07) is 3.41. The number of nitrogens with one attached hydrogen (secondary N) is 1. The SMILES string of the molecule is CCOCCCNC(=O)C1CCN(S(=O)(=O)c2cc(F)ccc2OC)CC1. The van der Waals surface area contributed by atoms with Crippen LogP contribution < -0.4 is 10.1 Å². The van der Waals surface area contributed by atoms with Crippen molar-refractivity contribution >= 4 is 15.9 Å². The Hall–Kier alpha value is -1.71. The Morgan fingerprint density at radius 3 is 2.67 bits per heavy atom. The van der Waals surface area contributed by atoms with Gasteiger partial charge < -0.3 is 14.8 Å². The van der Waals surface area contributed by atoms with E-state index in [9.17, 15) is 17.6 Å². The summed E-state index contributed by atoms with van der Waals surface area (Å²) in [5.74, 6) is -0.828. The van der Waals surface area contributed by atoms with Gasteiger partial charge in [-0.1, -0.05) is 0 Å². The fourth-order valence-electron chi connectivity index (χ4n) is 3.02. The predicted molar refractivity (Wildman–Crippen MR) is 98.6 cm³/mol. The van der Waals surface area contributed by atoms with Crippen LogP contribution in [-0.4, -0.2) is 58.6 Å². The van der Waals surface area contributed by atoms with Crippen LogP contribution in [0, 0.1) is 11.7 Å². The second-order valence-electron chi connectivity index (χ2n) is 6.32. The number of carbonyl (C=O) groups is 1. The van der Waals surface area contributed by atoms with Gasteiger partial charge in [0.15, 0.2) is 0 Å². The molecule has 0 unspecified atom stereocenters. The van der Waals surface area contributed by atoms with Crippen molar-refractivity contribution < 1.29 is 27.1 Å². The Morgan fingerprint density at radius 2 is 2.04 bits per heavy atom. The van der Waals surface area contributed by atoms with Gasteiger partial charge in [-0.25, -0.2) is 12.8 Å². The van der Waals surface area contributed by atoms with Gasteiger partial charge in [-0.15, -0.1) is 0 Å². The van der Waals surface area contributed by atoms with Gasteiger partial charge >= 0.3 is 0 Å². The van der Waals surface area contributed by atoms with Crippen molar-refractivity contribution in [1.82, 2.24) is 9.62 Å². The highest BCUT2D eigenvalue weighted by Gasteiger charge is 2.33. The van der Waals surface area contributed by atoms with E-state index in [0.717, 1.165) is 18.6 Å². The molecule has 1 N–H and O–H groups in total. The summed E-state index contributed by atoms with van der Waals surface area (Å²) in [7, 11) is -2.54. The van der Waals surface area contributed by atoms with E-state index in [1.807, 2.05) is 6.92 Å². The minimum atomic E-state index is -3.88. The summed E-state index contributed by atoms with van der Waals surface area (Å²) in [5.41, 5.74) is 0. The van der Waals surface area contributed by atoms with Gasteiger partial charge in [-0.3, -0.25) is 4.79 Å². The third-order valence-electron chi connectivity index (χ3n) is 4.54. The molecule has 1 aliphatic rings. The van der Waals surface area contributed by atoms with Crippen molar-refractivity contribution in [3.63, 3.8) is 0 Å². The molecular formula is C18H27FN2O5S. The van der Waals surface area contributed by atoms with Gasteiger partial charge in [-0.05, 0) is 44.4 Å². The van der Waals surface area contributed by atoms with Crippen LogP contribution in [0.2, 0.25) is 0 Å². The Balaban J connectivity index is 1.93. The van der Waals surface area contributed by atoms with Crippen LogP contribution in [0.1, 0.15) is 26.2 Å². The molecule has 0 radical (unpaired) electrons. The van der Waals surface area contributed by atoms with E-state index in [0.29, 0.717) is 32.6 Å². The predicted octanol–water partition coefficient (Wildman–Crippen LogP) is 1.78. The molecule has 0 aromatic heterocycles. The van der Waals surface area contributed by atoms with Crippen LogP contribution in [0.3, 0.4) is 0 Å². The molecule has 1 saturated heterocycles. The smallest absolute Gasteiger partial charge is 0.246 e. The lowest BCUT2D eigenvalue weighted by molar-refractivity contribution is -0.126. The van der Waals surface area contributed by atoms with E-state index in [-0.39, 0.29) is 35.6 Å². The second kappa shape index (κ2) is 10.0. The highest BCUT2D eigenvalue weighted by atomic mass is 32.2. The number of amides is 1. The summed E-state index contributed by atoms with van der Waals surface area (Å²) in [5, 5.41) is 2.87. The number of hydrogen-bond acceptors (Lipinski definition) is 5. The highest BCUT2D eigenvalue weighted by molar-refractivity contribution is 7.89. The van der Waals surface area contributed by atoms with Crippen LogP contribution in [-0.2, 0) is 19.6 Å². The normalized spacial score (nSPS) is 16.3. The number of carbonyl (C=O) groups excluding carboxylic acids is 1. The minimum absolute atomic E-state index is 0.0631. The average Bonchev–Trinajstić information content (AvgIpc) is 2.67. The van der Waals surface area contributed by atoms with E-state index >= 15 is 0 Å². The van der Waals surface area contributed by atoms with Crippen molar-refractivity contribution in [2.75, 3.05) is 40.0 Å². The fraction of sp³-hybridized carbons (Fsp3) is 0.611. The number of methoxy groups -OCH3 is 1. The van der Waals surface area contributed by atoms with Gasteiger partial charge in [-0.2, -0.15) is 4.31 Å². The molecule has 27 heavy (non-hydrogen) atoms. The molecule has 0 bridgehead atoms. The molecule has 0 aliphatic carbocycles. The molecule has 0 atom stereocenters. The van der Waals surface area contributed by atoms with Gasteiger partial charge in [0.25, 0.3) is 0 Å². The number of halogens is 1. The summed E-state index contributed by atoms with van der Waals surface area (Å²) in [6.07, 6.45) is 1.59. The largest absolute Gasteiger partial charge is 0.495 e. The molecule has 9 heteroatoms. The number of hydrogen-bond donors (Lipinski definition) is 1. The van der Waals surface area contributed by atoms with Crippen LogP contribution in [0.5, 0.6) is 5.75 Å². The van der Waals surface area contributed by atoms with E-state index in [4.69, 9.17) is 9.47 Å². The molecule has 1 amide bonds. The maximum atomic E-state index is 13.5. The van der Waals surface area contributed by atoms with E-state index in [1.165, 1.54) is 17.5 Å². The topological polar surface area (TPSA) is 84.9 Å². The lowest BCUT2D eigenvalue weighted by atomic mass is 9.97. The number of rotatable bonds is 9. The molecule has 0 saturated carbocycles. The number of piperidine rings is 1. The van der Waals surface area contributed by atoms with Crippen LogP contribution in [0.25, 0.3) is 0 Å². The Labute approximate surface area is 159 Å². The lowest BCUT2D eigenvalue weighted by Crippen LogP contribution is -2.43. The maximum Gasteiger partial charge on any atom is 0.246 e. The molecule has 1 aliphatic heterocycles. The first kappa shape index (κ1) is 21.6.